The van der Waals surface area contributed by atoms with Crippen LogP contribution in [-0.2, 0) is 10.4 Å². The van der Waals surface area contributed by atoms with Gasteiger partial charge in [-0.15, -0.1) is 0 Å². The third kappa shape index (κ3) is 4.26. The van der Waals surface area contributed by atoms with Gasteiger partial charge < -0.3 is 15.2 Å². The van der Waals surface area contributed by atoms with Gasteiger partial charge in [0, 0.05) is 23.2 Å². The van der Waals surface area contributed by atoms with Crippen LogP contribution in [0.5, 0.6) is 5.75 Å². The van der Waals surface area contributed by atoms with Gasteiger partial charge in [0.25, 0.3) is 0 Å². The molecule has 4 nitrogen and oxygen atoms in total. The number of hydrogen-bond donors (Lipinski definition) is 2. The SMILES string of the molecule is COc1ccc([C@@](C)(O)c2ccc(NC(C)=O)cc2)c(F)c1-c1cccc(Cl)c1. The van der Waals surface area contributed by atoms with E-state index in [9.17, 15) is 9.90 Å². The van der Waals surface area contributed by atoms with E-state index in [1.54, 1.807) is 54.6 Å². The zero-order valence-corrected chi connectivity index (χ0v) is 17.0. The number of anilines is 1. The van der Waals surface area contributed by atoms with E-state index in [4.69, 9.17) is 16.3 Å². The number of rotatable bonds is 5. The Balaban J connectivity index is 2.10. The lowest BCUT2D eigenvalue weighted by atomic mass is 9.85. The topological polar surface area (TPSA) is 58.6 Å². The number of halogens is 2. The summed E-state index contributed by atoms with van der Waals surface area (Å²) >= 11 is 6.08. The normalized spacial score (nSPS) is 12.9. The van der Waals surface area contributed by atoms with Crippen LogP contribution < -0.4 is 10.1 Å². The van der Waals surface area contributed by atoms with Gasteiger partial charge in [-0.25, -0.2) is 4.39 Å². The minimum absolute atomic E-state index is 0.0977. The number of aliphatic hydroxyl groups is 1. The quantitative estimate of drug-likeness (QED) is 0.591. The van der Waals surface area contributed by atoms with Crippen LogP contribution in [0.3, 0.4) is 0 Å². The van der Waals surface area contributed by atoms with E-state index in [1.165, 1.54) is 27.0 Å². The lowest BCUT2D eigenvalue weighted by Crippen LogP contribution is -2.24. The third-order valence-corrected chi connectivity index (χ3v) is 4.96. The number of nitrogens with one attached hydrogen (secondary N) is 1. The Bertz CT molecular complexity index is 1050. The van der Waals surface area contributed by atoms with Gasteiger partial charge in [-0.05, 0) is 54.4 Å². The summed E-state index contributed by atoms with van der Waals surface area (Å²) in [4.78, 5) is 11.2. The first-order valence-corrected chi connectivity index (χ1v) is 9.35. The number of benzene rings is 3. The number of methoxy groups -OCH3 is 1. The molecule has 0 saturated heterocycles. The first-order chi connectivity index (χ1) is 13.7. The largest absolute Gasteiger partial charge is 0.496 e. The molecule has 0 aromatic heterocycles. The van der Waals surface area contributed by atoms with Crippen LogP contribution in [-0.4, -0.2) is 18.1 Å². The van der Waals surface area contributed by atoms with Crippen molar-refractivity contribution in [1.82, 2.24) is 0 Å². The van der Waals surface area contributed by atoms with Crippen molar-refractivity contribution in [1.29, 1.82) is 0 Å². The van der Waals surface area contributed by atoms with Crippen molar-refractivity contribution in [2.75, 3.05) is 12.4 Å². The van der Waals surface area contributed by atoms with Gasteiger partial charge in [0.05, 0.1) is 12.7 Å². The van der Waals surface area contributed by atoms with Gasteiger partial charge >= 0.3 is 0 Å². The summed E-state index contributed by atoms with van der Waals surface area (Å²) < 4.78 is 21.0. The van der Waals surface area contributed by atoms with Crippen LogP contribution in [0, 0.1) is 5.82 Å². The number of amides is 1. The molecule has 0 saturated carbocycles. The zero-order valence-electron chi connectivity index (χ0n) is 16.3. The maximum absolute atomic E-state index is 15.6. The van der Waals surface area contributed by atoms with Crippen LogP contribution in [0.4, 0.5) is 10.1 Å². The molecule has 0 aliphatic carbocycles. The van der Waals surface area contributed by atoms with E-state index in [-0.39, 0.29) is 17.0 Å². The van der Waals surface area contributed by atoms with Crippen molar-refractivity contribution in [2.24, 2.45) is 0 Å². The average molecular weight is 414 g/mol. The molecule has 150 valence electrons. The van der Waals surface area contributed by atoms with E-state index >= 15 is 4.39 Å². The minimum atomic E-state index is -1.61. The Kier molecular flexibility index (Phi) is 5.91. The van der Waals surface area contributed by atoms with Crippen LogP contribution >= 0.6 is 11.6 Å². The molecule has 0 spiro atoms. The van der Waals surface area contributed by atoms with E-state index in [1.807, 2.05) is 0 Å². The van der Waals surface area contributed by atoms with Crippen molar-refractivity contribution >= 4 is 23.2 Å². The molecule has 0 unspecified atom stereocenters. The lowest BCUT2D eigenvalue weighted by molar-refractivity contribution is -0.114. The Hall–Kier alpha value is -2.89. The Labute approximate surface area is 173 Å². The standard InChI is InChI=1S/C23H21ClFNO3/c1-14(27)26-18-9-7-16(8-10-18)23(2,28)19-11-12-20(29-3)21(22(19)25)15-5-4-6-17(24)13-15/h4-13,28H,1-3H3,(H,26,27)/t23-/m0/s1. The predicted octanol–water partition coefficient (Wildman–Crippen LogP) is 5.37. The van der Waals surface area contributed by atoms with Crippen LogP contribution in [0.25, 0.3) is 11.1 Å². The molecular formula is C23H21ClFNO3. The molecule has 0 bridgehead atoms. The Morgan fingerprint density at radius 2 is 1.83 bits per heavy atom. The molecule has 0 heterocycles. The van der Waals surface area contributed by atoms with Crippen LogP contribution in [0.2, 0.25) is 5.02 Å². The van der Waals surface area contributed by atoms with Gasteiger partial charge in [-0.1, -0.05) is 35.9 Å². The Morgan fingerprint density at radius 3 is 2.41 bits per heavy atom. The molecular weight excluding hydrogens is 393 g/mol. The summed E-state index contributed by atoms with van der Waals surface area (Å²) in [5.41, 5.74) is 0.326. The van der Waals surface area contributed by atoms with Gasteiger partial charge in [0.2, 0.25) is 5.91 Å². The molecule has 3 aromatic carbocycles. The summed E-state index contributed by atoms with van der Waals surface area (Å²) in [7, 11) is 1.46. The molecule has 0 aliphatic heterocycles. The molecule has 0 radical (unpaired) electrons. The molecule has 3 rings (SSSR count). The highest BCUT2D eigenvalue weighted by atomic mass is 35.5. The zero-order chi connectivity index (χ0) is 21.2. The Morgan fingerprint density at radius 1 is 1.14 bits per heavy atom. The van der Waals surface area contributed by atoms with Crippen LogP contribution in [0.15, 0.2) is 60.7 Å². The summed E-state index contributed by atoms with van der Waals surface area (Å²) in [6, 6.07) is 16.5. The summed E-state index contributed by atoms with van der Waals surface area (Å²) in [6.07, 6.45) is 0. The summed E-state index contributed by atoms with van der Waals surface area (Å²) in [6.45, 7) is 2.93. The second-order valence-corrected chi connectivity index (χ2v) is 7.28. The smallest absolute Gasteiger partial charge is 0.221 e. The van der Waals surface area contributed by atoms with Crippen molar-refractivity contribution in [3.63, 3.8) is 0 Å². The highest BCUT2D eigenvalue weighted by Gasteiger charge is 2.31. The maximum atomic E-state index is 15.6. The molecule has 1 amide bonds. The minimum Gasteiger partial charge on any atom is -0.496 e. The number of hydrogen-bond acceptors (Lipinski definition) is 3. The van der Waals surface area contributed by atoms with Gasteiger partial charge in [0.1, 0.15) is 17.2 Å². The number of carbonyl (C=O) groups excluding carboxylic acids is 1. The van der Waals surface area contributed by atoms with Gasteiger partial charge in [-0.2, -0.15) is 0 Å². The monoisotopic (exact) mass is 413 g/mol. The van der Waals surface area contributed by atoms with E-state index in [0.717, 1.165) is 0 Å². The van der Waals surface area contributed by atoms with E-state index in [0.29, 0.717) is 27.6 Å². The molecule has 6 heteroatoms. The van der Waals surface area contributed by atoms with Gasteiger partial charge in [-0.3, -0.25) is 4.79 Å². The molecule has 0 fully saturated rings. The van der Waals surface area contributed by atoms with Crippen LogP contribution in [0.1, 0.15) is 25.0 Å². The number of ether oxygens (including phenoxy) is 1. The lowest BCUT2D eigenvalue weighted by Gasteiger charge is -2.27. The molecule has 0 aliphatic rings. The molecule has 29 heavy (non-hydrogen) atoms. The highest BCUT2D eigenvalue weighted by Crippen LogP contribution is 2.40. The fourth-order valence-corrected chi connectivity index (χ4v) is 3.44. The van der Waals surface area contributed by atoms with Crippen molar-refractivity contribution in [3.05, 3.63) is 82.6 Å². The van der Waals surface area contributed by atoms with Crippen molar-refractivity contribution < 1.29 is 19.0 Å². The molecule has 2 N–H and O–H groups in total. The van der Waals surface area contributed by atoms with Gasteiger partial charge in [0.15, 0.2) is 0 Å². The van der Waals surface area contributed by atoms with Crippen molar-refractivity contribution in [3.8, 4) is 16.9 Å². The highest BCUT2D eigenvalue weighted by molar-refractivity contribution is 6.30. The van der Waals surface area contributed by atoms with E-state index in [2.05, 4.69) is 5.32 Å². The second-order valence-electron chi connectivity index (χ2n) is 6.85. The fraction of sp³-hybridized carbons (Fsp3) is 0.174. The summed E-state index contributed by atoms with van der Waals surface area (Å²) in [5.74, 6) is -0.454. The fourth-order valence-electron chi connectivity index (χ4n) is 3.25. The first kappa shape index (κ1) is 20.8. The first-order valence-electron chi connectivity index (χ1n) is 8.97. The maximum Gasteiger partial charge on any atom is 0.221 e. The summed E-state index contributed by atoms with van der Waals surface area (Å²) in [5, 5.41) is 14.3. The van der Waals surface area contributed by atoms with E-state index < -0.39 is 11.4 Å². The number of carbonyl (C=O) groups is 1. The average Bonchev–Trinajstić information content (AvgIpc) is 2.67. The third-order valence-electron chi connectivity index (χ3n) is 4.73. The molecule has 3 aromatic rings. The van der Waals surface area contributed by atoms with Crippen molar-refractivity contribution in [2.45, 2.75) is 19.4 Å². The molecule has 1 atom stereocenters. The predicted molar refractivity (Wildman–Crippen MR) is 113 cm³/mol. The second kappa shape index (κ2) is 8.23.